The van der Waals surface area contributed by atoms with Crippen LogP contribution in [0.3, 0.4) is 0 Å². The summed E-state index contributed by atoms with van der Waals surface area (Å²) in [6.45, 7) is 8.01. The minimum atomic E-state index is 0.0482. The van der Waals surface area contributed by atoms with Crippen molar-refractivity contribution in [2.45, 2.75) is 20.3 Å². The Labute approximate surface area is 155 Å². The van der Waals surface area contributed by atoms with Gasteiger partial charge < -0.3 is 15.3 Å². The van der Waals surface area contributed by atoms with Gasteiger partial charge >= 0.3 is 0 Å². The number of para-hydroxylation sites is 1. The number of phenols is 1. The third-order valence-electron chi connectivity index (χ3n) is 4.96. The van der Waals surface area contributed by atoms with Gasteiger partial charge in [0.2, 0.25) is 5.91 Å². The number of carbonyl (C=O) groups is 1. The molecule has 2 aromatic rings. The topological polar surface area (TPSA) is 55.8 Å². The number of rotatable bonds is 5. The lowest BCUT2D eigenvalue weighted by atomic mass is 10.1. The lowest BCUT2D eigenvalue weighted by Crippen LogP contribution is -2.48. The van der Waals surface area contributed by atoms with Crippen molar-refractivity contribution in [1.29, 1.82) is 0 Å². The Bertz CT molecular complexity index is 750. The maximum absolute atomic E-state index is 12.5. The fraction of sp³-hybridized carbons (Fsp3) is 0.381. The Morgan fingerprint density at radius 1 is 1.08 bits per heavy atom. The van der Waals surface area contributed by atoms with Crippen LogP contribution in [0.2, 0.25) is 0 Å². The molecular formula is C21H27N3O2. The number of hydrogen-bond acceptors (Lipinski definition) is 4. The second kappa shape index (κ2) is 8.23. The number of amides is 1. The van der Waals surface area contributed by atoms with E-state index in [-0.39, 0.29) is 11.7 Å². The van der Waals surface area contributed by atoms with Crippen LogP contribution < -0.4 is 10.2 Å². The predicted molar refractivity (Wildman–Crippen MR) is 106 cm³/mol. The van der Waals surface area contributed by atoms with Gasteiger partial charge in [-0.05, 0) is 48.7 Å². The Balaban J connectivity index is 1.53. The normalized spacial score (nSPS) is 15.1. The molecular weight excluding hydrogens is 326 g/mol. The van der Waals surface area contributed by atoms with Gasteiger partial charge in [0.1, 0.15) is 5.75 Å². The monoisotopic (exact) mass is 353 g/mol. The predicted octanol–water partition coefficient (Wildman–Crippen LogP) is 3.02. The molecule has 1 saturated heterocycles. The largest absolute Gasteiger partial charge is 0.508 e. The molecule has 0 atom stereocenters. The minimum Gasteiger partial charge on any atom is -0.508 e. The molecule has 26 heavy (non-hydrogen) atoms. The molecule has 1 aliphatic heterocycles. The molecule has 0 aromatic heterocycles. The first-order valence-corrected chi connectivity index (χ1v) is 9.21. The fourth-order valence-corrected chi connectivity index (χ4v) is 3.41. The van der Waals surface area contributed by atoms with Gasteiger partial charge in [0.15, 0.2) is 0 Å². The van der Waals surface area contributed by atoms with Gasteiger partial charge in [-0.15, -0.1) is 0 Å². The summed E-state index contributed by atoms with van der Waals surface area (Å²) >= 11 is 0. The molecule has 0 unspecified atom stereocenters. The first-order valence-electron chi connectivity index (χ1n) is 9.21. The Morgan fingerprint density at radius 2 is 1.77 bits per heavy atom. The van der Waals surface area contributed by atoms with E-state index in [1.54, 1.807) is 12.1 Å². The highest BCUT2D eigenvalue weighted by molar-refractivity contribution is 5.93. The van der Waals surface area contributed by atoms with Crippen LogP contribution in [0.5, 0.6) is 5.75 Å². The number of phenolic OH excluding ortho intramolecular Hbond substituents is 1. The van der Waals surface area contributed by atoms with Crippen LogP contribution in [0.25, 0.3) is 0 Å². The summed E-state index contributed by atoms with van der Waals surface area (Å²) in [7, 11) is 0. The average molecular weight is 353 g/mol. The summed E-state index contributed by atoms with van der Waals surface area (Å²) in [5.41, 5.74) is 4.35. The van der Waals surface area contributed by atoms with E-state index in [1.165, 1.54) is 5.56 Å². The molecule has 0 radical (unpaired) electrons. The van der Waals surface area contributed by atoms with Gasteiger partial charge in [0, 0.05) is 37.6 Å². The van der Waals surface area contributed by atoms with Crippen LogP contribution in [-0.4, -0.2) is 48.6 Å². The van der Waals surface area contributed by atoms with Crippen LogP contribution in [0.1, 0.15) is 18.1 Å². The summed E-state index contributed by atoms with van der Waals surface area (Å²) in [6.07, 6.45) is 0.905. The van der Waals surface area contributed by atoms with Crippen LogP contribution >= 0.6 is 0 Å². The van der Waals surface area contributed by atoms with Gasteiger partial charge in [-0.25, -0.2) is 0 Å². The van der Waals surface area contributed by atoms with Crippen molar-refractivity contribution in [2.75, 3.05) is 42.9 Å². The van der Waals surface area contributed by atoms with Gasteiger partial charge in [0.25, 0.3) is 0 Å². The van der Waals surface area contributed by atoms with Crippen LogP contribution in [-0.2, 0) is 11.2 Å². The molecule has 1 amide bonds. The van der Waals surface area contributed by atoms with Crippen molar-refractivity contribution in [1.82, 2.24) is 4.90 Å². The fourth-order valence-electron chi connectivity index (χ4n) is 3.41. The highest BCUT2D eigenvalue weighted by atomic mass is 16.3. The zero-order chi connectivity index (χ0) is 18.5. The summed E-state index contributed by atoms with van der Waals surface area (Å²) in [4.78, 5) is 17.0. The Hall–Kier alpha value is -2.53. The van der Waals surface area contributed by atoms with Crippen LogP contribution in [0.4, 0.5) is 11.4 Å². The molecule has 1 aliphatic rings. The summed E-state index contributed by atoms with van der Waals surface area (Å²) in [5, 5.41) is 12.5. The number of piperazine rings is 1. The van der Waals surface area contributed by atoms with Crippen molar-refractivity contribution in [2.24, 2.45) is 0 Å². The quantitative estimate of drug-likeness (QED) is 0.868. The minimum absolute atomic E-state index is 0.0482. The number of anilines is 2. The molecule has 5 heteroatoms. The van der Waals surface area contributed by atoms with Crippen molar-refractivity contribution < 1.29 is 9.90 Å². The molecule has 3 rings (SSSR count). The number of aromatic hydroxyl groups is 1. The van der Waals surface area contributed by atoms with Gasteiger partial charge in [-0.3, -0.25) is 9.69 Å². The second-order valence-electron chi connectivity index (χ2n) is 6.79. The van der Waals surface area contributed by atoms with Crippen molar-refractivity contribution in [3.63, 3.8) is 0 Å². The third kappa shape index (κ3) is 4.35. The Kier molecular flexibility index (Phi) is 5.78. The zero-order valence-electron chi connectivity index (χ0n) is 15.5. The van der Waals surface area contributed by atoms with Gasteiger partial charge in [-0.2, -0.15) is 0 Å². The van der Waals surface area contributed by atoms with Crippen molar-refractivity contribution >= 4 is 17.3 Å². The highest BCUT2D eigenvalue weighted by Gasteiger charge is 2.20. The third-order valence-corrected chi connectivity index (χ3v) is 4.96. The van der Waals surface area contributed by atoms with Gasteiger partial charge in [0.05, 0.1) is 6.54 Å². The Morgan fingerprint density at radius 3 is 2.42 bits per heavy atom. The van der Waals surface area contributed by atoms with E-state index in [4.69, 9.17) is 0 Å². The molecule has 2 aromatic carbocycles. The summed E-state index contributed by atoms with van der Waals surface area (Å²) < 4.78 is 0. The first-order chi connectivity index (χ1) is 12.6. The number of nitrogens with zero attached hydrogens (tertiary/aromatic N) is 2. The number of benzene rings is 2. The zero-order valence-corrected chi connectivity index (χ0v) is 15.5. The maximum atomic E-state index is 12.5. The lowest BCUT2D eigenvalue weighted by molar-refractivity contribution is -0.117. The first kappa shape index (κ1) is 18.3. The van der Waals surface area contributed by atoms with E-state index >= 15 is 0 Å². The number of nitrogens with one attached hydrogen (secondary N) is 1. The number of hydrogen-bond donors (Lipinski definition) is 2. The van der Waals surface area contributed by atoms with E-state index in [0.29, 0.717) is 6.54 Å². The SMILES string of the molecule is CCc1cccc(C)c1NC(=O)CN1CCN(c2ccc(O)cc2)CC1. The van der Waals surface area contributed by atoms with E-state index in [0.717, 1.165) is 49.5 Å². The van der Waals surface area contributed by atoms with E-state index in [2.05, 4.69) is 28.1 Å². The van der Waals surface area contributed by atoms with Crippen LogP contribution in [0.15, 0.2) is 42.5 Å². The molecule has 2 N–H and O–H groups in total. The molecule has 0 bridgehead atoms. The molecule has 5 nitrogen and oxygen atoms in total. The molecule has 138 valence electrons. The highest BCUT2D eigenvalue weighted by Crippen LogP contribution is 2.22. The molecule has 0 aliphatic carbocycles. The average Bonchev–Trinajstić information content (AvgIpc) is 2.65. The van der Waals surface area contributed by atoms with Crippen molar-refractivity contribution in [3.8, 4) is 5.75 Å². The maximum Gasteiger partial charge on any atom is 0.238 e. The van der Waals surface area contributed by atoms with E-state index in [1.807, 2.05) is 31.2 Å². The number of aryl methyl sites for hydroxylation is 2. The van der Waals surface area contributed by atoms with Crippen LogP contribution in [0, 0.1) is 6.92 Å². The van der Waals surface area contributed by atoms with Gasteiger partial charge in [-0.1, -0.05) is 25.1 Å². The molecule has 0 saturated carbocycles. The van der Waals surface area contributed by atoms with Crippen molar-refractivity contribution in [3.05, 3.63) is 53.6 Å². The van der Waals surface area contributed by atoms with E-state index < -0.39 is 0 Å². The number of carbonyl (C=O) groups excluding carboxylic acids is 1. The smallest absolute Gasteiger partial charge is 0.238 e. The lowest BCUT2D eigenvalue weighted by Gasteiger charge is -2.35. The summed E-state index contributed by atoms with van der Waals surface area (Å²) in [5.74, 6) is 0.332. The molecule has 0 spiro atoms. The molecule has 1 heterocycles. The van der Waals surface area contributed by atoms with E-state index in [9.17, 15) is 9.90 Å². The standard InChI is InChI=1S/C21H27N3O2/c1-3-17-6-4-5-16(2)21(17)22-20(26)15-23-11-13-24(14-12-23)18-7-9-19(25)10-8-18/h4-10,25H,3,11-15H2,1-2H3,(H,22,26). The second-order valence-corrected chi connectivity index (χ2v) is 6.79. The molecule has 1 fully saturated rings. The summed E-state index contributed by atoms with van der Waals surface area (Å²) in [6, 6.07) is 13.4.